The Kier molecular flexibility index (Phi) is 4.85. The fourth-order valence-electron chi connectivity index (χ4n) is 2.31. The van der Waals surface area contributed by atoms with Gasteiger partial charge in [-0.15, -0.1) is 0 Å². The van der Waals surface area contributed by atoms with Crippen LogP contribution in [0.4, 0.5) is 0 Å². The topological polar surface area (TPSA) is 83.0 Å². The van der Waals surface area contributed by atoms with E-state index in [1.807, 2.05) is 18.2 Å². The first-order valence-corrected chi connectivity index (χ1v) is 7.74. The lowest BCUT2D eigenvalue weighted by Crippen LogP contribution is -2.01. The van der Waals surface area contributed by atoms with Gasteiger partial charge in [-0.2, -0.15) is 0 Å². The van der Waals surface area contributed by atoms with Crippen LogP contribution in [0.25, 0.3) is 23.2 Å². The molecule has 1 heterocycles. The Labute approximate surface area is 144 Å². The number of aromatic nitrogens is 2. The van der Waals surface area contributed by atoms with Gasteiger partial charge in [-0.25, -0.2) is 4.98 Å². The average molecular weight is 332 g/mol. The van der Waals surface area contributed by atoms with Crippen molar-refractivity contribution >= 4 is 34.8 Å². The lowest BCUT2D eigenvalue weighted by Gasteiger charge is -1.95. The van der Waals surface area contributed by atoms with E-state index >= 15 is 0 Å². The molecule has 25 heavy (non-hydrogen) atoms. The minimum Gasteiger partial charge on any atom is -0.508 e. The quantitative estimate of drug-likeness (QED) is 0.534. The fourth-order valence-corrected chi connectivity index (χ4v) is 2.31. The van der Waals surface area contributed by atoms with Gasteiger partial charge in [-0.05, 0) is 47.5 Å². The number of phenols is 1. The molecule has 0 unspecified atom stereocenters. The number of rotatable bonds is 6. The second-order valence-corrected chi connectivity index (χ2v) is 5.55. The molecule has 0 bridgehead atoms. The highest BCUT2D eigenvalue weighted by atomic mass is 16.3. The minimum atomic E-state index is -0.273. The van der Waals surface area contributed by atoms with Gasteiger partial charge in [0, 0.05) is 0 Å². The number of ketones is 2. The van der Waals surface area contributed by atoms with Crippen molar-refractivity contribution in [2.45, 2.75) is 6.42 Å². The van der Waals surface area contributed by atoms with Gasteiger partial charge in [-0.1, -0.05) is 30.4 Å². The summed E-state index contributed by atoms with van der Waals surface area (Å²) in [6.45, 7) is 0. The van der Waals surface area contributed by atoms with Gasteiger partial charge in [0.2, 0.25) is 0 Å². The summed E-state index contributed by atoms with van der Waals surface area (Å²) in [5.41, 5.74) is 3.38. The van der Waals surface area contributed by atoms with Crippen molar-refractivity contribution in [3.63, 3.8) is 0 Å². The van der Waals surface area contributed by atoms with Gasteiger partial charge in [0.1, 0.15) is 5.75 Å². The first-order valence-electron chi connectivity index (χ1n) is 7.74. The molecule has 0 saturated carbocycles. The number of allylic oxidation sites excluding steroid dienone is 2. The van der Waals surface area contributed by atoms with E-state index in [0.717, 1.165) is 22.2 Å². The van der Waals surface area contributed by atoms with Crippen LogP contribution in [0.2, 0.25) is 0 Å². The molecule has 3 aromatic rings. The molecule has 0 saturated heterocycles. The smallest absolute Gasteiger partial charge is 0.163 e. The first kappa shape index (κ1) is 16.4. The molecule has 3 rings (SSSR count). The molecule has 0 aliphatic carbocycles. The normalized spacial score (nSPS) is 11.5. The summed E-state index contributed by atoms with van der Waals surface area (Å²) in [7, 11) is 0. The van der Waals surface area contributed by atoms with Gasteiger partial charge < -0.3 is 10.1 Å². The molecule has 0 amide bonds. The highest BCUT2D eigenvalue weighted by molar-refractivity contribution is 6.10. The molecule has 0 spiro atoms. The van der Waals surface area contributed by atoms with Crippen LogP contribution in [0, 0.1) is 0 Å². The minimum absolute atomic E-state index is 0.164. The molecule has 0 aliphatic heterocycles. The fraction of sp³-hybridized carbons (Fsp3) is 0.0500. The number of aromatic amines is 1. The summed E-state index contributed by atoms with van der Waals surface area (Å²) >= 11 is 0. The average Bonchev–Trinajstić information content (AvgIpc) is 3.07. The third-order valence-electron chi connectivity index (χ3n) is 3.61. The van der Waals surface area contributed by atoms with Gasteiger partial charge in [0.05, 0.1) is 23.8 Å². The molecule has 124 valence electrons. The number of benzene rings is 2. The summed E-state index contributed by atoms with van der Waals surface area (Å²) in [6, 6.07) is 12.1. The Bertz CT molecular complexity index is 966. The molecule has 0 atom stereocenters. The third-order valence-corrected chi connectivity index (χ3v) is 3.61. The summed E-state index contributed by atoms with van der Waals surface area (Å²) in [5.74, 6) is -0.371. The molecular weight excluding hydrogens is 316 g/mol. The van der Waals surface area contributed by atoms with Crippen LogP contribution in [-0.4, -0.2) is 26.6 Å². The number of phenolic OH excluding ortho intramolecular Hbond substituents is 1. The van der Waals surface area contributed by atoms with E-state index in [1.165, 1.54) is 24.3 Å². The van der Waals surface area contributed by atoms with Crippen molar-refractivity contribution < 1.29 is 14.7 Å². The zero-order valence-corrected chi connectivity index (χ0v) is 13.3. The molecule has 5 nitrogen and oxygen atoms in total. The van der Waals surface area contributed by atoms with Crippen LogP contribution in [0.1, 0.15) is 17.5 Å². The number of H-pyrrole nitrogens is 1. The molecule has 0 radical (unpaired) electrons. The van der Waals surface area contributed by atoms with Crippen LogP contribution in [-0.2, 0) is 9.59 Å². The van der Waals surface area contributed by atoms with E-state index in [0.29, 0.717) is 0 Å². The Hall–Kier alpha value is -3.47. The van der Waals surface area contributed by atoms with Crippen molar-refractivity contribution in [2.24, 2.45) is 0 Å². The van der Waals surface area contributed by atoms with Crippen molar-refractivity contribution in [1.29, 1.82) is 0 Å². The highest BCUT2D eigenvalue weighted by Crippen LogP contribution is 2.13. The zero-order chi connectivity index (χ0) is 17.6. The predicted octanol–water partition coefficient (Wildman–Crippen LogP) is 3.52. The second-order valence-electron chi connectivity index (χ2n) is 5.55. The summed E-state index contributed by atoms with van der Waals surface area (Å²) in [5, 5.41) is 9.20. The summed E-state index contributed by atoms with van der Waals surface area (Å²) in [4.78, 5) is 30.9. The number of aromatic hydroxyl groups is 1. The van der Waals surface area contributed by atoms with E-state index in [1.54, 1.807) is 30.6 Å². The number of imidazole rings is 1. The third kappa shape index (κ3) is 4.51. The van der Waals surface area contributed by atoms with Gasteiger partial charge in [0.15, 0.2) is 11.6 Å². The maximum atomic E-state index is 11.9. The molecule has 2 N–H and O–H groups in total. The van der Waals surface area contributed by atoms with Crippen LogP contribution in [0.5, 0.6) is 5.75 Å². The molecule has 0 fully saturated rings. The number of fused-ring (bicyclic) bond motifs is 1. The molecule has 0 aliphatic rings. The van der Waals surface area contributed by atoms with Crippen LogP contribution < -0.4 is 0 Å². The lowest BCUT2D eigenvalue weighted by molar-refractivity contribution is -0.121. The Balaban J connectivity index is 1.57. The predicted molar refractivity (Wildman–Crippen MR) is 96.9 cm³/mol. The van der Waals surface area contributed by atoms with Crippen molar-refractivity contribution in [1.82, 2.24) is 9.97 Å². The maximum Gasteiger partial charge on any atom is 0.163 e. The van der Waals surface area contributed by atoms with Crippen LogP contribution in [0.15, 0.2) is 60.9 Å². The van der Waals surface area contributed by atoms with Crippen LogP contribution in [0.3, 0.4) is 0 Å². The second kappa shape index (κ2) is 7.40. The lowest BCUT2D eigenvalue weighted by atomic mass is 10.1. The maximum absolute atomic E-state index is 11.9. The largest absolute Gasteiger partial charge is 0.508 e. The van der Waals surface area contributed by atoms with Gasteiger partial charge in [0.25, 0.3) is 0 Å². The van der Waals surface area contributed by atoms with E-state index < -0.39 is 0 Å². The molecular formula is C20H16N2O3. The van der Waals surface area contributed by atoms with Crippen molar-refractivity contribution in [3.05, 3.63) is 72.1 Å². The Morgan fingerprint density at radius 2 is 1.60 bits per heavy atom. The van der Waals surface area contributed by atoms with Crippen molar-refractivity contribution in [3.8, 4) is 5.75 Å². The Morgan fingerprint density at radius 1 is 0.960 bits per heavy atom. The monoisotopic (exact) mass is 332 g/mol. The summed E-state index contributed by atoms with van der Waals surface area (Å²) < 4.78 is 0. The standard InChI is InChI=1S/C20H16N2O3/c23-16-6-1-14(2-7-16)3-8-17(24)12-18(25)9-4-15-5-10-19-20(11-15)22-13-21-19/h1-11,13,23H,12H2,(H,21,22). The SMILES string of the molecule is O=C(C=Cc1ccc(O)cc1)CC(=O)C=Cc1ccc2[nH]cnc2c1. The first-order chi connectivity index (χ1) is 12.1. The summed E-state index contributed by atoms with van der Waals surface area (Å²) in [6.07, 6.45) is 7.49. The molecule has 1 aromatic heterocycles. The zero-order valence-electron chi connectivity index (χ0n) is 13.3. The number of carbonyl (C=O) groups is 2. The number of carbonyl (C=O) groups excluding carboxylic acids is 2. The van der Waals surface area contributed by atoms with E-state index in [-0.39, 0.29) is 23.7 Å². The Morgan fingerprint density at radius 3 is 2.32 bits per heavy atom. The van der Waals surface area contributed by atoms with Gasteiger partial charge >= 0.3 is 0 Å². The van der Waals surface area contributed by atoms with Crippen molar-refractivity contribution in [2.75, 3.05) is 0 Å². The van der Waals surface area contributed by atoms with E-state index in [9.17, 15) is 14.7 Å². The molecule has 2 aromatic carbocycles. The van der Waals surface area contributed by atoms with Crippen LogP contribution >= 0.6 is 0 Å². The highest BCUT2D eigenvalue weighted by Gasteiger charge is 2.04. The number of nitrogens with one attached hydrogen (secondary N) is 1. The number of hydrogen-bond acceptors (Lipinski definition) is 4. The molecule has 5 heteroatoms. The number of nitrogens with zero attached hydrogens (tertiary/aromatic N) is 1. The van der Waals surface area contributed by atoms with E-state index in [2.05, 4.69) is 9.97 Å². The van der Waals surface area contributed by atoms with Gasteiger partial charge in [-0.3, -0.25) is 9.59 Å². The van der Waals surface area contributed by atoms with E-state index in [4.69, 9.17) is 0 Å². The number of hydrogen-bond donors (Lipinski definition) is 2.